The van der Waals surface area contributed by atoms with Crippen molar-refractivity contribution in [2.75, 3.05) is 18.8 Å². The van der Waals surface area contributed by atoms with Crippen molar-refractivity contribution in [1.82, 2.24) is 15.1 Å². The molecule has 0 radical (unpaired) electrons. The van der Waals surface area contributed by atoms with Gasteiger partial charge in [0.2, 0.25) is 0 Å². The maximum absolute atomic E-state index is 13.3. The van der Waals surface area contributed by atoms with Crippen molar-refractivity contribution in [3.05, 3.63) is 46.0 Å². The summed E-state index contributed by atoms with van der Waals surface area (Å²) < 4.78 is 26.3. The van der Waals surface area contributed by atoms with Crippen LogP contribution in [0.1, 0.15) is 20.9 Å². The molecule has 1 aromatic carbocycles. The highest BCUT2D eigenvalue weighted by Gasteiger charge is 2.34. The zero-order valence-electron chi connectivity index (χ0n) is 14.6. The maximum atomic E-state index is 13.3. The van der Waals surface area contributed by atoms with E-state index in [2.05, 4.69) is 10.2 Å². The Morgan fingerprint density at radius 1 is 1.26 bits per heavy atom. The number of nitrogens with two attached hydrogens (primary N) is 1. The molecule has 2 aromatic heterocycles. The van der Waals surface area contributed by atoms with E-state index in [4.69, 9.17) is 5.73 Å². The van der Waals surface area contributed by atoms with E-state index in [1.165, 1.54) is 29.2 Å². The van der Waals surface area contributed by atoms with Crippen LogP contribution < -0.4 is 5.73 Å². The number of amides is 1. The smallest absolute Gasteiger partial charge is 0.266 e. The highest BCUT2D eigenvalue weighted by atomic mass is 32.2. The van der Waals surface area contributed by atoms with Crippen molar-refractivity contribution in [2.45, 2.75) is 24.0 Å². The maximum Gasteiger partial charge on any atom is 0.266 e. The zero-order valence-corrected chi connectivity index (χ0v) is 16.3. The Morgan fingerprint density at radius 3 is 2.70 bits per heavy atom. The van der Waals surface area contributed by atoms with Gasteiger partial charge >= 0.3 is 0 Å². The molecule has 1 aliphatic rings. The molecule has 5 nitrogen and oxygen atoms in total. The minimum atomic E-state index is -0.864. The Kier molecular flexibility index (Phi) is 4.51. The van der Waals surface area contributed by atoms with Gasteiger partial charge < -0.3 is 10.6 Å². The molecule has 2 N–H and O–H groups in total. The fourth-order valence-corrected chi connectivity index (χ4v) is 5.24. The Balaban J connectivity index is 1.47. The average Bonchev–Trinajstić information content (AvgIpc) is 2.94. The minimum Gasteiger partial charge on any atom is -0.397 e. The molecule has 0 aliphatic carbocycles. The lowest BCUT2D eigenvalue weighted by atomic mass is 10.1. The fourth-order valence-electron chi connectivity index (χ4n) is 2.96. The number of anilines is 1. The van der Waals surface area contributed by atoms with Gasteiger partial charge in [-0.3, -0.25) is 4.79 Å². The largest absolute Gasteiger partial charge is 0.397 e. The highest BCUT2D eigenvalue weighted by Crippen LogP contribution is 2.37. The number of nitrogens with zero attached hydrogens (tertiary/aromatic N) is 3. The van der Waals surface area contributed by atoms with Gasteiger partial charge in [0.05, 0.1) is 11.4 Å². The number of rotatable bonds is 3. The van der Waals surface area contributed by atoms with Gasteiger partial charge in [0.15, 0.2) is 11.6 Å². The summed E-state index contributed by atoms with van der Waals surface area (Å²) in [5, 5.41) is 9.17. The zero-order chi connectivity index (χ0) is 19.3. The normalized spacial score (nSPS) is 14.6. The number of thioether (sulfide) groups is 1. The van der Waals surface area contributed by atoms with Gasteiger partial charge in [0, 0.05) is 28.6 Å². The molecule has 1 aliphatic heterocycles. The van der Waals surface area contributed by atoms with E-state index in [0.717, 1.165) is 22.7 Å². The van der Waals surface area contributed by atoms with Gasteiger partial charge in [-0.05, 0) is 37.6 Å². The molecule has 0 saturated carbocycles. The van der Waals surface area contributed by atoms with Crippen LogP contribution in [-0.2, 0) is 0 Å². The summed E-state index contributed by atoms with van der Waals surface area (Å²) in [6, 6.07) is 3.84. The molecule has 1 fully saturated rings. The first-order chi connectivity index (χ1) is 12.8. The lowest BCUT2D eigenvalue weighted by Crippen LogP contribution is -2.51. The van der Waals surface area contributed by atoms with Crippen LogP contribution >= 0.6 is 23.1 Å². The van der Waals surface area contributed by atoms with E-state index in [1.807, 2.05) is 13.8 Å². The second-order valence-corrected chi connectivity index (χ2v) is 8.83. The summed E-state index contributed by atoms with van der Waals surface area (Å²) >= 11 is 2.69. The monoisotopic (exact) mass is 406 g/mol. The molecular weight excluding hydrogens is 390 g/mol. The van der Waals surface area contributed by atoms with Crippen molar-refractivity contribution >= 4 is 44.9 Å². The predicted octanol–water partition coefficient (Wildman–Crippen LogP) is 3.79. The third-order valence-corrected chi connectivity index (χ3v) is 6.89. The summed E-state index contributed by atoms with van der Waals surface area (Å²) in [7, 11) is 0. The number of likely N-dealkylation sites (tertiary alicyclic amines) is 1. The lowest BCUT2D eigenvalue weighted by Gasteiger charge is -2.38. The van der Waals surface area contributed by atoms with Gasteiger partial charge in [-0.1, -0.05) is 0 Å². The first-order valence-electron chi connectivity index (χ1n) is 8.28. The summed E-state index contributed by atoms with van der Waals surface area (Å²) in [4.78, 5) is 16.3. The Hall–Kier alpha value is -2.26. The lowest BCUT2D eigenvalue weighted by molar-refractivity contribution is 0.0670. The summed E-state index contributed by atoms with van der Waals surface area (Å²) in [5.74, 6) is -1.86. The van der Waals surface area contributed by atoms with Crippen LogP contribution in [0.5, 0.6) is 0 Å². The SMILES string of the molecule is Cc1nnc2sc(C(=O)N3CC(Sc4ccc(F)c(F)c4)C3)c(N)c2c1C. The standard InChI is InChI=1S/C18H16F2N4OS2/c1-8-9(2)22-23-17-14(8)15(21)16(27-17)18(25)24-6-11(7-24)26-10-3-4-12(19)13(20)5-10/h3-5,11H,6-7,21H2,1-2H3. The van der Waals surface area contributed by atoms with Gasteiger partial charge in [-0.15, -0.1) is 28.2 Å². The molecule has 0 bridgehead atoms. The van der Waals surface area contributed by atoms with E-state index in [1.54, 1.807) is 11.0 Å². The van der Waals surface area contributed by atoms with Crippen LogP contribution in [0.25, 0.3) is 10.2 Å². The minimum absolute atomic E-state index is 0.130. The molecule has 9 heteroatoms. The summed E-state index contributed by atoms with van der Waals surface area (Å²) in [6.45, 7) is 4.83. The highest BCUT2D eigenvalue weighted by molar-refractivity contribution is 8.00. The quantitative estimate of drug-likeness (QED) is 0.717. The number of hydrogen-bond donors (Lipinski definition) is 1. The number of nitrogen functional groups attached to an aromatic ring is 1. The number of benzene rings is 1. The molecule has 3 heterocycles. The Labute approximate surface area is 162 Å². The Bertz CT molecular complexity index is 1060. The first kappa shape index (κ1) is 18.1. The van der Waals surface area contributed by atoms with E-state index < -0.39 is 11.6 Å². The second kappa shape index (κ2) is 6.72. The number of aromatic nitrogens is 2. The van der Waals surface area contributed by atoms with Gasteiger partial charge in [-0.2, -0.15) is 5.10 Å². The van der Waals surface area contributed by atoms with Crippen LogP contribution in [0.4, 0.5) is 14.5 Å². The van der Waals surface area contributed by atoms with Crippen molar-refractivity contribution in [2.24, 2.45) is 0 Å². The molecule has 4 rings (SSSR count). The first-order valence-corrected chi connectivity index (χ1v) is 9.97. The molecule has 3 aromatic rings. The summed E-state index contributed by atoms with van der Waals surface area (Å²) in [5.41, 5.74) is 8.40. The van der Waals surface area contributed by atoms with E-state index in [-0.39, 0.29) is 11.2 Å². The van der Waals surface area contributed by atoms with Crippen molar-refractivity contribution in [3.63, 3.8) is 0 Å². The van der Waals surface area contributed by atoms with Crippen LogP contribution in [0, 0.1) is 25.5 Å². The van der Waals surface area contributed by atoms with Gasteiger partial charge in [-0.25, -0.2) is 8.78 Å². The molecule has 1 saturated heterocycles. The predicted molar refractivity (Wildman–Crippen MR) is 103 cm³/mol. The molecule has 1 amide bonds. The number of carbonyl (C=O) groups excluding carboxylic acids is 1. The molecule has 27 heavy (non-hydrogen) atoms. The Morgan fingerprint density at radius 2 is 2.00 bits per heavy atom. The van der Waals surface area contributed by atoms with Gasteiger partial charge in [0.1, 0.15) is 9.71 Å². The van der Waals surface area contributed by atoms with E-state index in [0.29, 0.717) is 33.4 Å². The third-order valence-electron chi connectivity index (χ3n) is 4.66. The molecule has 0 spiro atoms. The van der Waals surface area contributed by atoms with Crippen molar-refractivity contribution in [3.8, 4) is 0 Å². The van der Waals surface area contributed by atoms with Gasteiger partial charge in [0.25, 0.3) is 5.91 Å². The number of halogens is 2. The van der Waals surface area contributed by atoms with Crippen LogP contribution in [0.15, 0.2) is 23.1 Å². The number of hydrogen-bond acceptors (Lipinski definition) is 6. The third kappa shape index (κ3) is 3.14. The average molecular weight is 406 g/mol. The number of thiophene rings is 1. The van der Waals surface area contributed by atoms with Crippen LogP contribution in [0.2, 0.25) is 0 Å². The number of aryl methyl sites for hydroxylation is 2. The van der Waals surface area contributed by atoms with E-state index >= 15 is 0 Å². The van der Waals surface area contributed by atoms with Crippen LogP contribution in [0.3, 0.4) is 0 Å². The fraction of sp³-hybridized carbons (Fsp3) is 0.278. The summed E-state index contributed by atoms with van der Waals surface area (Å²) in [6.07, 6.45) is 0. The molecule has 0 atom stereocenters. The number of fused-ring (bicyclic) bond motifs is 1. The number of carbonyl (C=O) groups is 1. The second-order valence-electron chi connectivity index (χ2n) is 6.46. The van der Waals surface area contributed by atoms with Crippen molar-refractivity contribution in [1.29, 1.82) is 0 Å². The molecular formula is C18H16F2N4OS2. The van der Waals surface area contributed by atoms with Crippen molar-refractivity contribution < 1.29 is 13.6 Å². The van der Waals surface area contributed by atoms with Crippen LogP contribution in [-0.4, -0.2) is 39.3 Å². The molecule has 0 unspecified atom stereocenters. The topological polar surface area (TPSA) is 72.1 Å². The molecule has 140 valence electrons. The van der Waals surface area contributed by atoms with E-state index in [9.17, 15) is 13.6 Å².